The Morgan fingerprint density at radius 3 is 2.00 bits per heavy atom. The summed E-state index contributed by atoms with van der Waals surface area (Å²) < 4.78 is 7.43. The Bertz CT molecular complexity index is 2950. The van der Waals surface area contributed by atoms with Crippen molar-refractivity contribution in [1.82, 2.24) is 24.3 Å². The second-order valence-corrected chi connectivity index (χ2v) is 13.6. The number of allylic oxidation sites excluding steroid dienone is 4. The Morgan fingerprint density at radius 1 is 0.627 bits per heavy atom. The van der Waals surface area contributed by atoms with Gasteiger partial charge in [-0.2, -0.15) is 0 Å². The van der Waals surface area contributed by atoms with Crippen LogP contribution in [0.2, 0.25) is 0 Å². The number of aliphatic imine (C=N–C) groups is 1. The molecule has 0 amide bonds. The Hall–Kier alpha value is -6.37. The van der Waals surface area contributed by atoms with Crippen molar-refractivity contribution in [2.45, 2.75) is 25.9 Å². The summed E-state index contributed by atoms with van der Waals surface area (Å²) in [5, 5.41) is 15.2. The monoisotopic (exact) mass is 658 g/mol. The number of nitrogens with one attached hydrogen (secondary N) is 2. The highest BCUT2D eigenvalue weighted by atomic mass is 15.4. The number of hydrogen-bond acceptors (Lipinski definition) is 3. The molecule has 0 radical (unpaired) electrons. The summed E-state index contributed by atoms with van der Waals surface area (Å²) >= 11 is 0. The van der Waals surface area contributed by atoms with Crippen LogP contribution in [0.3, 0.4) is 0 Å². The van der Waals surface area contributed by atoms with Crippen molar-refractivity contribution in [3.05, 3.63) is 163 Å². The third-order valence-electron chi connectivity index (χ3n) is 10.9. The van der Waals surface area contributed by atoms with Gasteiger partial charge in [-0.1, -0.05) is 121 Å². The van der Waals surface area contributed by atoms with Crippen LogP contribution in [0, 0.1) is 0 Å². The molecule has 5 heterocycles. The molecule has 9 aromatic rings. The van der Waals surface area contributed by atoms with Crippen molar-refractivity contribution in [3.8, 4) is 0 Å². The van der Waals surface area contributed by atoms with Crippen LogP contribution in [0.25, 0.3) is 71.1 Å². The summed E-state index contributed by atoms with van der Waals surface area (Å²) in [6.07, 6.45) is 6.31. The largest absolute Gasteiger partial charge is 0.350 e. The van der Waals surface area contributed by atoms with E-state index in [-0.39, 0.29) is 12.5 Å². The lowest BCUT2D eigenvalue weighted by atomic mass is 10.0. The predicted octanol–water partition coefficient (Wildman–Crippen LogP) is 10.2. The molecule has 0 fully saturated rings. The molecule has 6 aromatic carbocycles. The first-order valence-electron chi connectivity index (χ1n) is 17.7. The fourth-order valence-corrected chi connectivity index (χ4v) is 8.74. The van der Waals surface area contributed by atoms with Gasteiger partial charge >= 0.3 is 0 Å². The van der Waals surface area contributed by atoms with E-state index in [9.17, 15) is 0 Å². The number of nitrogens with zero attached hydrogens (tertiary/aromatic N) is 4. The Labute approximate surface area is 294 Å². The summed E-state index contributed by atoms with van der Waals surface area (Å²) in [6.45, 7) is 2.91. The second-order valence-electron chi connectivity index (χ2n) is 13.6. The number of amidine groups is 1. The fourth-order valence-electron chi connectivity index (χ4n) is 8.74. The molecule has 0 spiro atoms. The molecule has 11 rings (SSSR count). The molecule has 0 saturated heterocycles. The quantitative estimate of drug-likeness (QED) is 0.199. The van der Waals surface area contributed by atoms with E-state index in [2.05, 4.69) is 183 Å². The van der Waals surface area contributed by atoms with Crippen molar-refractivity contribution in [2.24, 2.45) is 4.99 Å². The molecule has 0 saturated carbocycles. The molecule has 2 aliphatic rings. The lowest BCUT2D eigenvalue weighted by Crippen LogP contribution is -2.46. The molecule has 3 aromatic heterocycles. The number of fused-ring (bicyclic) bond motifs is 6. The Kier molecular flexibility index (Phi) is 6.04. The normalized spacial score (nSPS) is 19.0. The highest BCUT2D eigenvalue weighted by Crippen LogP contribution is 2.46. The highest BCUT2D eigenvalue weighted by molar-refractivity contribution is 6.32. The van der Waals surface area contributed by atoms with Crippen molar-refractivity contribution >= 4 is 77.0 Å². The van der Waals surface area contributed by atoms with Gasteiger partial charge in [0.2, 0.25) is 0 Å². The van der Waals surface area contributed by atoms with Crippen LogP contribution >= 0.6 is 0 Å². The van der Waals surface area contributed by atoms with E-state index >= 15 is 0 Å². The number of aromatic nitrogens is 3. The minimum Gasteiger partial charge on any atom is -0.350 e. The minimum atomic E-state index is -0.387. The SMILES string of the molecule is C/C=C1\C=C/Cn2c3ccccc3c3ccc4c(c5c6c(ccc5n4C4N=C(c5ccccc5)NC(c5ccccc5)N4)c4ccccc4n61)c32. The number of hydrogen-bond donors (Lipinski definition) is 2. The van der Waals surface area contributed by atoms with E-state index in [0.717, 1.165) is 40.2 Å². The molecule has 2 atom stereocenters. The molecule has 244 valence electrons. The van der Waals surface area contributed by atoms with E-state index in [1.54, 1.807) is 0 Å². The standard InChI is InChI=1S/C45H34N6/c1-2-30-18-13-27-49-35-21-11-9-19-31(35)33-23-25-37-39(41(33)49)40-38(26-24-34-32-20-10-12-22-36(32)50(30)42(34)40)51(37)45-47-43(28-14-5-3-6-15-28)46-44(48-45)29-16-7-4-8-17-29/h2-26,43,45,47H,27H2,1H3,(H,46,48)/b18-13-,30-2+. The summed E-state index contributed by atoms with van der Waals surface area (Å²) in [4.78, 5) is 5.46. The van der Waals surface area contributed by atoms with E-state index in [0.29, 0.717) is 0 Å². The van der Waals surface area contributed by atoms with Crippen LogP contribution in [-0.2, 0) is 6.54 Å². The number of rotatable bonds is 3. The first-order valence-corrected chi connectivity index (χ1v) is 17.7. The zero-order valence-corrected chi connectivity index (χ0v) is 28.1. The Balaban J connectivity index is 1.33. The van der Waals surface area contributed by atoms with E-state index in [4.69, 9.17) is 4.99 Å². The number of benzene rings is 6. The van der Waals surface area contributed by atoms with Crippen LogP contribution in [-0.4, -0.2) is 19.5 Å². The summed E-state index contributed by atoms with van der Waals surface area (Å²) in [5.74, 6) is 0.868. The second kappa shape index (κ2) is 10.8. The van der Waals surface area contributed by atoms with Crippen LogP contribution in [0.5, 0.6) is 0 Å². The lowest BCUT2D eigenvalue weighted by molar-refractivity contribution is 0.341. The zero-order valence-electron chi connectivity index (χ0n) is 28.1. The van der Waals surface area contributed by atoms with Crippen LogP contribution < -0.4 is 10.6 Å². The van der Waals surface area contributed by atoms with Gasteiger partial charge in [0.25, 0.3) is 0 Å². The summed E-state index contributed by atoms with van der Waals surface area (Å²) in [7, 11) is 0. The van der Waals surface area contributed by atoms with E-state index in [1.807, 2.05) is 0 Å². The van der Waals surface area contributed by atoms with Crippen molar-refractivity contribution in [2.75, 3.05) is 0 Å². The molecular formula is C45H34N6. The van der Waals surface area contributed by atoms with Crippen LogP contribution in [0.15, 0.2) is 157 Å². The third-order valence-corrected chi connectivity index (χ3v) is 10.9. The van der Waals surface area contributed by atoms with Gasteiger partial charge in [-0.05, 0) is 42.8 Å². The van der Waals surface area contributed by atoms with Crippen LogP contribution in [0.1, 0.15) is 30.5 Å². The van der Waals surface area contributed by atoms with E-state index < -0.39 is 0 Å². The maximum absolute atomic E-state index is 5.46. The molecular weight excluding hydrogens is 625 g/mol. The van der Waals surface area contributed by atoms with Crippen molar-refractivity contribution < 1.29 is 0 Å². The van der Waals surface area contributed by atoms with Gasteiger partial charge in [-0.15, -0.1) is 0 Å². The first-order chi connectivity index (χ1) is 25.3. The smallest absolute Gasteiger partial charge is 0.184 e. The van der Waals surface area contributed by atoms with Gasteiger partial charge in [0.1, 0.15) is 12.0 Å². The zero-order chi connectivity index (χ0) is 33.6. The molecule has 6 nitrogen and oxygen atoms in total. The lowest BCUT2D eigenvalue weighted by Gasteiger charge is -2.33. The summed E-state index contributed by atoms with van der Waals surface area (Å²) in [6, 6.07) is 48.0. The van der Waals surface area contributed by atoms with Gasteiger partial charge in [-0.3, -0.25) is 5.32 Å². The molecule has 51 heavy (non-hydrogen) atoms. The van der Waals surface area contributed by atoms with E-state index in [1.165, 1.54) is 54.4 Å². The Morgan fingerprint density at radius 2 is 1.25 bits per heavy atom. The van der Waals surface area contributed by atoms with Crippen molar-refractivity contribution in [1.29, 1.82) is 0 Å². The molecule has 6 heteroatoms. The first kappa shape index (κ1) is 28.5. The minimum absolute atomic E-state index is 0.150. The maximum Gasteiger partial charge on any atom is 0.184 e. The highest BCUT2D eigenvalue weighted by Gasteiger charge is 2.31. The molecule has 0 bridgehead atoms. The van der Waals surface area contributed by atoms with Crippen molar-refractivity contribution in [3.63, 3.8) is 0 Å². The summed E-state index contributed by atoms with van der Waals surface area (Å²) in [5.41, 5.74) is 10.6. The van der Waals surface area contributed by atoms with Gasteiger partial charge in [0.05, 0.1) is 27.6 Å². The van der Waals surface area contributed by atoms with Crippen LogP contribution in [0.4, 0.5) is 0 Å². The third kappa shape index (κ3) is 3.99. The average molecular weight is 659 g/mol. The topological polar surface area (TPSA) is 51.2 Å². The maximum atomic E-state index is 5.46. The molecule has 0 aliphatic carbocycles. The van der Waals surface area contributed by atoms with Gasteiger partial charge in [0.15, 0.2) is 6.29 Å². The molecule has 2 unspecified atom stereocenters. The van der Waals surface area contributed by atoms with Gasteiger partial charge < -0.3 is 19.0 Å². The predicted molar refractivity (Wildman–Crippen MR) is 212 cm³/mol. The average Bonchev–Trinajstić information content (AvgIpc) is 3.83. The van der Waals surface area contributed by atoms with Gasteiger partial charge in [-0.25, -0.2) is 4.99 Å². The molecule has 2 N–H and O–H groups in total. The number of para-hydroxylation sites is 2. The molecule has 2 aliphatic heterocycles. The fraction of sp³-hybridized carbons (Fsp3) is 0.0889. The van der Waals surface area contributed by atoms with Gasteiger partial charge in [0, 0.05) is 55.6 Å².